The standard InChI is InChI=1S/C8H6N4O4/c9-7(11-13)8-10-5-3-4(12(14)15)1-2-6(5)16-8/h1-3,13H,(H2,9,11). The predicted molar refractivity (Wildman–Crippen MR) is 53.2 cm³/mol. The van der Waals surface area contributed by atoms with Crippen molar-refractivity contribution >= 4 is 22.6 Å². The fraction of sp³-hybridized carbons (Fsp3) is 0. The van der Waals surface area contributed by atoms with Crippen LogP contribution in [-0.2, 0) is 0 Å². The molecule has 1 aromatic carbocycles. The predicted octanol–water partition coefficient (Wildman–Crippen LogP) is 0.830. The fourth-order valence-electron chi connectivity index (χ4n) is 1.18. The molecule has 16 heavy (non-hydrogen) atoms. The second-order valence-corrected chi connectivity index (χ2v) is 2.91. The summed E-state index contributed by atoms with van der Waals surface area (Å²) in [5.41, 5.74) is 5.76. The molecule has 1 aromatic heterocycles. The molecule has 1 heterocycles. The summed E-state index contributed by atoms with van der Waals surface area (Å²) in [5.74, 6) is -0.378. The highest BCUT2D eigenvalue weighted by Gasteiger charge is 2.13. The molecule has 8 nitrogen and oxygen atoms in total. The molecule has 2 rings (SSSR count). The Labute approximate surface area is 88.1 Å². The summed E-state index contributed by atoms with van der Waals surface area (Å²) in [7, 11) is 0. The number of hydrogen-bond donors (Lipinski definition) is 2. The molecule has 0 saturated carbocycles. The second-order valence-electron chi connectivity index (χ2n) is 2.91. The molecule has 0 saturated heterocycles. The lowest BCUT2D eigenvalue weighted by Gasteiger charge is -1.88. The molecule has 0 atom stereocenters. The number of nitro groups is 1. The van der Waals surface area contributed by atoms with Gasteiger partial charge in [-0.1, -0.05) is 5.16 Å². The average molecular weight is 222 g/mol. The zero-order chi connectivity index (χ0) is 11.7. The molecule has 0 radical (unpaired) electrons. The third kappa shape index (κ3) is 1.52. The van der Waals surface area contributed by atoms with Crippen LogP contribution >= 0.6 is 0 Å². The van der Waals surface area contributed by atoms with Crippen molar-refractivity contribution in [3.8, 4) is 0 Å². The van der Waals surface area contributed by atoms with Crippen LogP contribution in [0.5, 0.6) is 0 Å². The van der Waals surface area contributed by atoms with Gasteiger partial charge in [0, 0.05) is 12.1 Å². The first-order chi connectivity index (χ1) is 7.61. The van der Waals surface area contributed by atoms with Crippen molar-refractivity contribution in [1.82, 2.24) is 4.98 Å². The zero-order valence-corrected chi connectivity index (χ0v) is 7.82. The SMILES string of the molecule is N/C(=N\O)c1nc2cc([N+](=O)[O-])ccc2o1. The Bertz CT molecular complexity index is 589. The van der Waals surface area contributed by atoms with Crippen molar-refractivity contribution in [3.63, 3.8) is 0 Å². The number of oxime groups is 1. The minimum absolute atomic E-state index is 0.0852. The summed E-state index contributed by atoms with van der Waals surface area (Å²) in [6.07, 6.45) is 0. The Morgan fingerprint density at radius 3 is 3.00 bits per heavy atom. The lowest BCUT2D eigenvalue weighted by molar-refractivity contribution is -0.384. The number of hydrogen-bond acceptors (Lipinski definition) is 6. The highest BCUT2D eigenvalue weighted by atomic mass is 16.6. The number of benzene rings is 1. The van der Waals surface area contributed by atoms with Crippen molar-refractivity contribution in [2.75, 3.05) is 0 Å². The molecule has 0 aliphatic heterocycles. The summed E-state index contributed by atoms with van der Waals surface area (Å²) in [6.45, 7) is 0. The summed E-state index contributed by atoms with van der Waals surface area (Å²) >= 11 is 0. The van der Waals surface area contributed by atoms with E-state index in [1.54, 1.807) is 0 Å². The third-order valence-corrected chi connectivity index (χ3v) is 1.91. The smallest absolute Gasteiger partial charge is 0.271 e. The molecule has 0 unspecified atom stereocenters. The lowest BCUT2D eigenvalue weighted by Crippen LogP contribution is -2.13. The number of non-ortho nitro benzene ring substituents is 1. The minimum atomic E-state index is -0.544. The van der Waals surface area contributed by atoms with Gasteiger partial charge in [0.2, 0.25) is 5.84 Å². The third-order valence-electron chi connectivity index (χ3n) is 1.91. The van der Waals surface area contributed by atoms with Crippen LogP contribution in [0, 0.1) is 10.1 Å². The van der Waals surface area contributed by atoms with Crippen LogP contribution in [0.25, 0.3) is 11.1 Å². The van der Waals surface area contributed by atoms with Gasteiger partial charge in [-0.3, -0.25) is 10.1 Å². The van der Waals surface area contributed by atoms with Gasteiger partial charge >= 0.3 is 0 Å². The molecular formula is C8H6N4O4. The second kappa shape index (κ2) is 3.50. The molecule has 8 heteroatoms. The molecule has 0 aliphatic carbocycles. The molecule has 0 aliphatic rings. The van der Waals surface area contributed by atoms with Crippen molar-refractivity contribution in [1.29, 1.82) is 0 Å². The average Bonchev–Trinajstić information content (AvgIpc) is 2.70. The van der Waals surface area contributed by atoms with Crippen molar-refractivity contribution in [2.24, 2.45) is 10.9 Å². The van der Waals surface area contributed by atoms with Crippen LogP contribution in [0.1, 0.15) is 5.89 Å². The van der Waals surface area contributed by atoms with Crippen LogP contribution in [0.15, 0.2) is 27.8 Å². The van der Waals surface area contributed by atoms with Gasteiger partial charge in [0.15, 0.2) is 5.58 Å². The quantitative estimate of drug-likeness (QED) is 0.254. The Hall–Kier alpha value is -2.64. The summed E-state index contributed by atoms with van der Waals surface area (Å²) in [6, 6.07) is 3.92. The van der Waals surface area contributed by atoms with Crippen LogP contribution in [-0.4, -0.2) is 21.0 Å². The van der Waals surface area contributed by atoms with E-state index in [-0.39, 0.29) is 22.9 Å². The van der Waals surface area contributed by atoms with Crippen LogP contribution in [0.3, 0.4) is 0 Å². The summed E-state index contributed by atoms with van der Waals surface area (Å²) in [4.78, 5) is 13.8. The van der Waals surface area contributed by atoms with E-state index >= 15 is 0 Å². The molecule has 0 amide bonds. The van der Waals surface area contributed by atoms with Crippen molar-refractivity contribution in [3.05, 3.63) is 34.2 Å². The van der Waals surface area contributed by atoms with E-state index in [0.717, 1.165) is 0 Å². The maximum atomic E-state index is 10.5. The van der Waals surface area contributed by atoms with Crippen LogP contribution in [0.4, 0.5) is 5.69 Å². The molecule has 0 spiro atoms. The van der Waals surface area contributed by atoms with E-state index in [1.165, 1.54) is 18.2 Å². The molecule has 0 fully saturated rings. The van der Waals surface area contributed by atoms with E-state index in [9.17, 15) is 10.1 Å². The van der Waals surface area contributed by atoms with E-state index in [1.807, 2.05) is 0 Å². The Morgan fingerprint density at radius 2 is 2.38 bits per heavy atom. The number of rotatable bonds is 2. The first kappa shape index (κ1) is 9.90. The number of aromatic nitrogens is 1. The monoisotopic (exact) mass is 222 g/mol. The number of nitrogens with two attached hydrogens (primary N) is 1. The van der Waals surface area contributed by atoms with Crippen molar-refractivity contribution in [2.45, 2.75) is 0 Å². The largest absolute Gasteiger partial charge is 0.434 e. The van der Waals surface area contributed by atoms with E-state index in [2.05, 4.69) is 10.1 Å². The molecule has 2 aromatic rings. The maximum absolute atomic E-state index is 10.5. The number of oxazole rings is 1. The van der Waals surface area contributed by atoms with Gasteiger partial charge in [-0.2, -0.15) is 0 Å². The Kier molecular flexibility index (Phi) is 2.16. The van der Waals surface area contributed by atoms with Gasteiger partial charge in [0.05, 0.1) is 4.92 Å². The zero-order valence-electron chi connectivity index (χ0n) is 7.82. The minimum Gasteiger partial charge on any atom is -0.434 e. The first-order valence-electron chi connectivity index (χ1n) is 4.14. The molecular weight excluding hydrogens is 216 g/mol. The summed E-state index contributed by atoms with van der Waals surface area (Å²) < 4.78 is 5.11. The van der Waals surface area contributed by atoms with Gasteiger partial charge in [-0.15, -0.1) is 0 Å². The van der Waals surface area contributed by atoms with Gasteiger partial charge in [-0.25, -0.2) is 4.98 Å². The lowest BCUT2D eigenvalue weighted by atomic mass is 10.3. The van der Waals surface area contributed by atoms with Gasteiger partial charge in [0.1, 0.15) is 5.52 Å². The van der Waals surface area contributed by atoms with Crippen LogP contribution < -0.4 is 5.73 Å². The van der Waals surface area contributed by atoms with E-state index in [4.69, 9.17) is 15.4 Å². The topological polar surface area (TPSA) is 128 Å². The maximum Gasteiger partial charge on any atom is 0.271 e. The number of fused-ring (bicyclic) bond motifs is 1. The van der Waals surface area contributed by atoms with E-state index < -0.39 is 4.92 Å². The van der Waals surface area contributed by atoms with E-state index in [0.29, 0.717) is 5.58 Å². The Morgan fingerprint density at radius 1 is 1.62 bits per heavy atom. The number of nitro benzene ring substituents is 1. The summed E-state index contributed by atoms with van der Waals surface area (Å²) in [5, 5.41) is 21.6. The normalized spacial score (nSPS) is 11.9. The van der Waals surface area contributed by atoms with Gasteiger partial charge in [-0.05, 0) is 6.07 Å². The molecule has 82 valence electrons. The van der Waals surface area contributed by atoms with Crippen LogP contribution in [0.2, 0.25) is 0 Å². The first-order valence-corrected chi connectivity index (χ1v) is 4.14. The van der Waals surface area contributed by atoms with Gasteiger partial charge < -0.3 is 15.4 Å². The van der Waals surface area contributed by atoms with Crippen molar-refractivity contribution < 1.29 is 14.5 Å². The fourth-order valence-corrected chi connectivity index (χ4v) is 1.18. The molecule has 3 N–H and O–H groups in total. The number of amidine groups is 1. The number of nitrogens with zero attached hydrogens (tertiary/aromatic N) is 3. The Balaban J connectivity index is 2.58. The highest BCUT2D eigenvalue weighted by Crippen LogP contribution is 2.21. The highest BCUT2D eigenvalue weighted by molar-refractivity contribution is 5.95. The molecule has 0 bridgehead atoms. The van der Waals surface area contributed by atoms with Gasteiger partial charge in [0.25, 0.3) is 11.6 Å².